The highest BCUT2D eigenvalue weighted by Gasteiger charge is 2.18. The average molecular weight is 489 g/mol. The fraction of sp³-hybridized carbons (Fsp3) is 0.444. The Hall–Kier alpha value is -2.38. The van der Waals surface area contributed by atoms with Gasteiger partial charge in [0.15, 0.2) is 4.34 Å². The first-order chi connectivity index (χ1) is 14.7. The van der Waals surface area contributed by atoms with Gasteiger partial charge in [0, 0.05) is 13.0 Å². The number of rotatable bonds is 12. The van der Waals surface area contributed by atoms with Crippen LogP contribution in [0, 0.1) is 0 Å². The fourth-order valence-corrected chi connectivity index (χ4v) is 4.99. The number of sulfonamides is 1. The van der Waals surface area contributed by atoms with E-state index in [1.807, 2.05) is 6.92 Å². The molecule has 2 rings (SSSR count). The molecule has 170 valence electrons. The van der Waals surface area contributed by atoms with E-state index in [9.17, 15) is 18.0 Å². The molecular weight excluding hydrogens is 464 g/mol. The SMILES string of the molecule is CCOc1ccc(N(CCCC(=O)Nc2nnc(SCC(=O)OC)s2)S(C)(=O)=O)cc1. The monoisotopic (exact) mass is 488 g/mol. The van der Waals surface area contributed by atoms with Crippen LogP contribution in [0.15, 0.2) is 28.6 Å². The van der Waals surface area contributed by atoms with Crippen molar-refractivity contribution < 1.29 is 27.5 Å². The number of carbonyl (C=O) groups excluding carboxylic acids is 2. The lowest BCUT2D eigenvalue weighted by atomic mass is 10.2. The van der Waals surface area contributed by atoms with Crippen LogP contribution in [0.2, 0.25) is 0 Å². The Morgan fingerprint density at radius 2 is 1.94 bits per heavy atom. The van der Waals surface area contributed by atoms with Gasteiger partial charge in [-0.05, 0) is 37.6 Å². The van der Waals surface area contributed by atoms with Crippen molar-refractivity contribution in [3.63, 3.8) is 0 Å². The zero-order valence-corrected chi connectivity index (χ0v) is 19.8. The van der Waals surface area contributed by atoms with Crippen LogP contribution in [-0.4, -0.2) is 62.8 Å². The smallest absolute Gasteiger partial charge is 0.316 e. The van der Waals surface area contributed by atoms with Crippen LogP contribution < -0.4 is 14.4 Å². The van der Waals surface area contributed by atoms with E-state index in [2.05, 4.69) is 20.3 Å². The molecule has 13 heteroatoms. The van der Waals surface area contributed by atoms with Crippen molar-refractivity contribution in [3.05, 3.63) is 24.3 Å². The number of amides is 1. The molecule has 1 N–H and O–H groups in total. The summed E-state index contributed by atoms with van der Waals surface area (Å²) in [5, 5.41) is 10.7. The Labute approximate surface area is 189 Å². The minimum Gasteiger partial charge on any atom is -0.494 e. The van der Waals surface area contributed by atoms with Gasteiger partial charge < -0.3 is 14.8 Å². The van der Waals surface area contributed by atoms with E-state index in [1.54, 1.807) is 24.3 Å². The van der Waals surface area contributed by atoms with E-state index in [-0.39, 0.29) is 30.6 Å². The summed E-state index contributed by atoms with van der Waals surface area (Å²) < 4.78 is 36.1. The van der Waals surface area contributed by atoms with Gasteiger partial charge >= 0.3 is 5.97 Å². The van der Waals surface area contributed by atoms with Crippen molar-refractivity contribution in [1.82, 2.24) is 10.2 Å². The summed E-state index contributed by atoms with van der Waals surface area (Å²) in [6.07, 6.45) is 1.54. The lowest BCUT2D eigenvalue weighted by Crippen LogP contribution is -2.31. The third-order valence-corrected chi connectivity index (χ3v) is 6.93. The quantitative estimate of drug-likeness (QED) is 0.272. The highest BCUT2D eigenvalue weighted by Crippen LogP contribution is 2.26. The Kier molecular flexibility index (Phi) is 9.52. The molecule has 1 aromatic carbocycles. The van der Waals surface area contributed by atoms with Gasteiger partial charge in [-0.25, -0.2) is 8.42 Å². The molecular formula is C18H24N4O6S3. The minimum absolute atomic E-state index is 0.103. The molecule has 0 bridgehead atoms. The van der Waals surface area contributed by atoms with E-state index >= 15 is 0 Å². The molecule has 0 atom stereocenters. The van der Waals surface area contributed by atoms with Gasteiger partial charge in [0.1, 0.15) is 5.75 Å². The first-order valence-corrected chi connectivity index (χ1v) is 12.9. The largest absolute Gasteiger partial charge is 0.494 e. The molecule has 31 heavy (non-hydrogen) atoms. The topological polar surface area (TPSA) is 128 Å². The number of nitrogens with zero attached hydrogens (tertiary/aromatic N) is 3. The molecule has 2 aromatic rings. The summed E-state index contributed by atoms with van der Waals surface area (Å²) in [6.45, 7) is 2.53. The van der Waals surface area contributed by atoms with Gasteiger partial charge in [-0.3, -0.25) is 13.9 Å². The molecule has 0 aliphatic rings. The molecule has 1 amide bonds. The standard InChI is InChI=1S/C18H24N4O6S3/c1-4-28-14-9-7-13(8-10-14)22(31(3,25)26)11-5-6-15(23)19-17-20-21-18(30-17)29-12-16(24)27-2/h7-10H,4-6,11-12H2,1-3H3,(H,19,20,23). The highest BCUT2D eigenvalue weighted by atomic mass is 32.2. The van der Waals surface area contributed by atoms with Crippen LogP contribution in [0.25, 0.3) is 0 Å². The summed E-state index contributed by atoms with van der Waals surface area (Å²) in [6, 6.07) is 6.74. The van der Waals surface area contributed by atoms with Crippen molar-refractivity contribution in [2.45, 2.75) is 24.1 Å². The molecule has 0 saturated carbocycles. The Morgan fingerprint density at radius 1 is 1.23 bits per heavy atom. The number of esters is 1. The molecule has 0 saturated heterocycles. The van der Waals surface area contributed by atoms with E-state index in [1.165, 1.54) is 11.4 Å². The number of hydrogen-bond acceptors (Lipinski definition) is 10. The molecule has 0 aliphatic carbocycles. The Balaban J connectivity index is 1.87. The number of hydrogen-bond donors (Lipinski definition) is 1. The molecule has 10 nitrogen and oxygen atoms in total. The summed E-state index contributed by atoms with van der Waals surface area (Å²) in [5.74, 6) is 0.0705. The maximum atomic E-state index is 12.2. The van der Waals surface area contributed by atoms with Gasteiger partial charge in [-0.1, -0.05) is 23.1 Å². The van der Waals surface area contributed by atoms with Crippen LogP contribution in [0.3, 0.4) is 0 Å². The number of aromatic nitrogens is 2. The minimum atomic E-state index is -3.51. The second-order valence-electron chi connectivity index (χ2n) is 6.15. The Morgan fingerprint density at radius 3 is 2.55 bits per heavy atom. The molecule has 0 spiro atoms. The number of ether oxygens (including phenoxy) is 2. The molecule has 0 fully saturated rings. The maximum Gasteiger partial charge on any atom is 0.316 e. The van der Waals surface area contributed by atoms with Gasteiger partial charge in [0.2, 0.25) is 21.1 Å². The van der Waals surface area contributed by atoms with Crippen molar-refractivity contribution in [1.29, 1.82) is 0 Å². The number of benzene rings is 1. The zero-order valence-electron chi connectivity index (χ0n) is 17.4. The van der Waals surface area contributed by atoms with Gasteiger partial charge in [0.05, 0.1) is 31.4 Å². The molecule has 1 heterocycles. The summed E-state index contributed by atoms with van der Waals surface area (Å²) >= 11 is 2.31. The lowest BCUT2D eigenvalue weighted by Gasteiger charge is -2.22. The van der Waals surface area contributed by atoms with Crippen LogP contribution in [0.1, 0.15) is 19.8 Å². The van der Waals surface area contributed by atoms with Gasteiger partial charge in [-0.15, -0.1) is 10.2 Å². The number of methoxy groups -OCH3 is 1. The first-order valence-electron chi connectivity index (χ1n) is 9.26. The van der Waals surface area contributed by atoms with Gasteiger partial charge in [-0.2, -0.15) is 0 Å². The van der Waals surface area contributed by atoms with Crippen molar-refractivity contribution in [2.75, 3.05) is 41.9 Å². The molecule has 0 radical (unpaired) electrons. The molecule has 0 unspecified atom stereocenters. The molecule has 1 aromatic heterocycles. The number of thioether (sulfide) groups is 1. The third kappa shape index (κ3) is 8.34. The fourth-order valence-electron chi connectivity index (χ4n) is 2.42. The van der Waals surface area contributed by atoms with Gasteiger partial charge in [0.25, 0.3) is 0 Å². The predicted octanol–water partition coefficient (Wildman–Crippen LogP) is 2.39. The van der Waals surface area contributed by atoms with Crippen LogP contribution in [0.5, 0.6) is 5.75 Å². The van der Waals surface area contributed by atoms with Crippen LogP contribution in [0.4, 0.5) is 10.8 Å². The first kappa shape index (κ1) is 24.9. The third-order valence-electron chi connectivity index (χ3n) is 3.80. The van der Waals surface area contributed by atoms with Crippen LogP contribution in [-0.2, 0) is 24.3 Å². The molecule has 0 aliphatic heterocycles. The van der Waals surface area contributed by atoms with Crippen molar-refractivity contribution >= 4 is 55.8 Å². The second kappa shape index (κ2) is 11.9. The second-order valence-corrected chi connectivity index (χ2v) is 10.3. The summed E-state index contributed by atoms with van der Waals surface area (Å²) in [7, 11) is -2.21. The van der Waals surface area contributed by atoms with E-state index < -0.39 is 10.0 Å². The predicted molar refractivity (Wildman–Crippen MR) is 120 cm³/mol. The van der Waals surface area contributed by atoms with E-state index in [0.717, 1.165) is 29.4 Å². The summed E-state index contributed by atoms with van der Waals surface area (Å²) in [4.78, 5) is 23.3. The average Bonchev–Trinajstić information content (AvgIpc) is 3.16. The maximum absolute atomic E-state index is 12.2. The Bertz CT molecular complexity index is 978. The van der Waals surface area contributed by atoms with E-state index in [4.69, 9.17) is 4.74 Å². The number of nitrogens with one attached hydrogen (secondary N) is 1. The van der Waals surface area contributed by atoms with Crippen molar-refractivity contribution in [2.24, 2.45) is 0 Å². The van der Waals surface area contributed by atoms with E-state index in [0.29, 0.717) is 33.9 Å². The number of carbonyl (C=O) groups is 2. The normalized spacial score (nSPS) is 11.1. The summed E-state index contributed by atoms with van der Waals surface area (Å²) in [5.41, 5.74) is 0.503. The number of anilines is 2. The van der Waals surface area contributed by atoms with Crippen LogP contribution >= 0.6 is 23.1 Å². The van der Waals surface area contributed by atoms with Crippen molar-refractivity contribution in [3.8, 4) is 5.75 Å². The zero-order chi connectivity index (χ0) is 22.9. The lowest BCUT2D eigenvalue weighted by molar-refractivity contribution is -0.137. The highest BCUT2D eigenvalue weighted by molar-refractivity contribution is 8.01.